The Bertz CT molecular complexity index is 573. The van der Waals surface area contributed by atoms with E-state index in [1.165, 1.54) is 0 Å². The summed E-state index contributed by atoms with van der Waals surface area (Å²) >= 11 is 0. The molecule has 0 aromatic carbocycles. The molecular formula is C15H23F10NO3S. The second-order valence-electron chi connectivity index (χ2n) is 5.89. The van der Waals surface area contributed by atoms with Gasteiger partial charge in [-0.25, -0.2) is 39.5 Å². The first-order valence-electron chi connectivity index (χ1n) is 8.24. The van der Waals surface area contributed by atoms with E-state index in [2.05, 4.69) is 6.58 Å². The highest BCUT2D eigenvalue weighted by molar-refractivity contribution is 7.85. The highest BCUT2D eigenvalue weighted by atomic mass is 32.2. The van der Waals surface area contributed by atoms with Crippen molar-refractivity contribution in [3.63, 3.8) is 0 Å². The van der Waals surface area contributed by atoms with Crippen molar-refractivity contribution in [2.24, 2.45) is 5.73 Å². The van der Waals surface area contributed by atoms with Crippen molar-refractivity contribution in [1.82, 2.24) is 0 Å². The molecule has 182 valence electrons. The third-order valence-electron chi connectivity index (χ3n) is 3.44. The zero-order valence-corrected chi connectivity index (χ0v) is 16.2. The van der Waals surface area contributed by atoms with E-state index < -0.39 is 84.5 Å². The number of nitrogens with two attached hydrogens (primary N) is 1. The fraction of sp³-hybridized carbons (Fsp3) is 0.867. The van der Waals surface area contributed by atoms with Crippen molar-refractivity contribution < 1.29 is 56.9 Å². The fourth-order valence-electron chi connectivity index (χ4n) is 1.83. The van der Waals surface area contributed by atoms with Gasteiger partial charge in [-0.1, -0.05) is 6.08 Å². The molecule has 0 amide bonds. The van der Waals surface area contributed by atoms with Crippen molar-refractivity contribution >= 4 is 10.1 Å². The summed E-state index contributed by atoms with van der Waals surface area (Å²) in [5.41, 5.74) is 4.91. The Morgan fingerprint density at radius 1 is 0.767 bits per heavy atom. The van der Waals surface area contributed by atoms with Crippen molar-refractivity contribution in [3.05, 3.63) is 12.7 Å². The van der Waals surface area contributed by atoms with Crippen LogP contribution in [0.2, 0.25) is 0 Å². The average molecular weight is 487 g/mol. The van der Waals surface area contributed by atoms with E-state index in [0.29, 0.717) is 6.54 Å². The predicted molar refractivity (Wildman–Crippen MR) is 90.3 cm³/mol. The molecule has 0 heterocycles. The molecule has 0 spiro atoms. The normalized spacial score (nSPS) is 21.1. The van der Waals surface area contributed by atoms with Crippen molar-refractivity contribution in [2.45, 2.75) is 62.0 Å². The van der Waals surface area contributed by atoms with Crippen LogP contribution in [0.5, 0.6) is 0 Å². The maximum absolute atomic E-state index is 13.4. The maximum atomic E-state index is 13.4. The van der Waals surface area contributed by atoms with Gasteiger partial charge in [-0.2, -0.15) is 8.42 Å². The molecule has 15 heteroatoms. The molecule has 9 atom stereocenters. The Balaban J connectivity index is 0. The van der Waals surface area contributed by atoms with Gasteiger partial charge in [-0.05, 0) is 0 Å². The molecule has 0 aliphatic heterocycles. The third kappa shape index (κ3) is 11.3. The van der Waals surface area contributed by atoms with E-state index in [1.807, 2.05) is 0 Å². The molecule has 4 nitrogen and oxygen atoms in total. The number of halogens is 10. The topological polar surface area (TPSA) is 80.4 Å². The highest BCUT2D eigenvalue weighted by Crippen LogP contribution is 2.29. The lowest BCUT2D eigenvalue weighted by atomic mass is 9.96. The zero-order valence-electron chi connectivity index (χ0n) is 15.3. The monoisotopic (exact) mass is 487 g/mol. The molecule has 0 bridgehead atoms. The van der Waals surface area contributed by atoms with Gasteiger partial charge in [0, 0.05) is 13.0 Å². The van der Waals surface area contributed by atoms with Crippen LogP contribution in [-0.4, -0.2) is 87.5 Å². The standard InChI is InChI=1S/C12H16F10O3S.C3H7N/c13-2-1-4(14)6(16)8(18)10(20)12(22)11(21)9(19)7(17)5(15)3-26(23,24)25;1-2-3-4/h4-12H,1-3H2,(H,23,24,25);2H,1,3-4H2. The molecule has 0 saturated heterocycles. The first-order chi connectivity index (χ1) is 13.7. The van der Waals surface area contributed by atoms with E-state index in [0.717, 1.165) is 0 Å². The molecule has 0 aliphatic rings. The van der Waals surface area contributed by atoms with Gasteiger partial charge in [0.1, 0.15) is 11.9 Å². The summed E-state index contributed by atoms with van der Waals surface area (Å²) in [6, 6.07) is 0. The summed E-state index contributed by atoms with van der Waals surface area (Å²) in [5, 5.41) is 0. The van der Waals surface area contributed by atoms with Crippen LogP contribution in [0.1, 0.15) is 6.42 Å². The van der Waals surface area contributed by atoms with Gasteiger partial charge in [-0.3, -0.25) is 8.94 Å². The van der Waals surface area contributed by atoms with Crippen LogP contribution < -0.4 is 5.73 Å². The number of hydrogen-bond donors (Lipinski definition) is 2. The summed E-state index contributed by atoms with van der Waals surface area (Å²) in [7, 11) is -5.16. The lowest BCUT2D eigenvalue weighted by Gasteiger charge is -2.26. The lowest BCUT2D eigenvalue weighted by Crippen LogP contribution is -2.48. The van der Waals surface area contributed by atoms with Gasteiger partial charge in [0.05, 0.1) is 6.67 Å². The van der Waals surface area contributed by atoms with Crippen LogP contribution in [0.15, 0.2) is 12.7 Å². The van der Waals surface area contributed by atoms with Crippen LogP contribution >= 0.6 is 0 Å². The van der Waals surface area contributed by atoms with Gasteiger partial charge in [0.15, 0.2) is 49.4 Å². The van der Waals surface area contributed by atoms with Crippen LogP contribution in [0, 0.1) is 0 Å². The molecule has 3 N–H and O–H groups in total. The Hall–Kier alpha value is -1.09. The van der Waals surface area contributed by atoms with Gasteiger partial charge in [0.2, 0.25) is 0 Å². The zero-order chi connectivity index (χ0) is 24.2. The molecule has 0 aromatic rings. The fourth-order valence-corrected chi connectivity index (χ4v) is 2.42. The molecule has 0 saturated carbocycles. The Kier molecular flexibility index (Phi) is 15.4. The Morgan fingerprint density at radius 2 is 1.07 bits per heavy atom. The largest absolute Gasteiger partial charge is 0.327 e. The quantitative estimate of drug-likeness (QED) is 0.237. The second kappa shape index (κ2) is 14.8. The van der Waals surface area contributed by atoms with Crippen LogP contribution in [0.25, 0.3) is 0 Å². The van der Waals surface area contributed by atoms with Crippen molar-refractivity contribution in [3.8, 4) is 0 Å². The Labute approximate surface area is 167 Å². The van der Waals surface area contributed by atoms with E-state index in [-0.39, 0.29) is 0 Å². The molecule has 0 aromatic heterocycles. The molecule has 0 fully saturated rings. The van der Waals surface area contributed by atoms with E-state index in [1.54, 1.807) is 6.08 Å². The minimum Gasteiger partial charge on any atom is -0.327 e. The smallest absolute Gasteiger partial charge is 0.267 e. The van der Waals surface area contributed by atoms with E-state index in [4.69, 9.17) is 10.3 Å². The molecule has 9 unspecified atom stereocenters. The van der Waals surface area contributed by atoms with Gasteiger partial charge >= 0.3 is 0 Å². The summed E-state index contributed by atoms with van der Waals surface area (Å²) in [5.74, 6) is -2.03. The summed E-state index contributed by atoms with van der Waals surface area (Å²) in [4.78, 5) is 0. The van der Waals surface area contributed by atoms with Gasteiger partial charge < -0.3 is 5.73 Å². The second-order valence-corrected chi connectivity index (χ2v) is 7.39. The maximum Gasteiger partial charge on any atom is 0.267 e. The van der Waals surface area contributed by atoms with Gasteiger partial charge in [0.25, 0.3) is 10.1 Å². The molecule has 0 aliphatic carbocycles. The number of alkyl halides is 10. The van der Waals surface area contributed by atoms with E-state index in [9.17, 15) is 52.3 Å². The van der Waals surface area contributed by atoms with Crippen molar-refractivity contribution in [1.29, 1.82) is 0 Å². The van der Waals surface area contributed by atoms with Crippen LogP contribution in [0.3, 0.4) is 0 Å². The minimum atomic E-state index is -5.16. The average Bonchev–Trinajstić information content (AvgIpc) is 2.68. The molecule has 0 rings (SSSR count). The van der Waals surface area contributed by atoms with Gasteiger partial charge in [-0.15, -0.1) is 6.58 Å². The lowest BCUT2D eigenvalue weighted by molar-refractivity contribution is -0.0536. The molecular weight excluding hydrogens is 464 g/mol. The number of rotatable bonds is 13. The first kappa shape index (κ1) is 31.1. The molecule has 30 heavy (non-hydrogen) atoms. The summed E-state index contributed by atoms with van der Waals surface area (Å²) < 4.78 is 160. The number of hydrogen-bond acceptors (Lipinski definition) is 3. The van der Waals surface area contributed by atoms with Crippen LogP contribution in [0.4, 0.5) is 43.9 Å². The first-order valence-corrected chi connectivity index (χ1v) is 9.85. The highest BCUT2D eigenvalue weighted by Gasteiger charge is 2.48. The SMILES string of the molecule is C=CCN.O=S(=O)(O)CC(F)C(F)C(F)C(F)C(F)C(F)C(F)C(F)C(F)CCF. The van der Waals surface area contributed by atoms with Crippen LogP contribution in [-0.2, 0) is 10.1 Å². The minimum absolute atomic E-state index is 0.583. The molecule has 0 radical (unpaired) electrons. The summed E-state index contributed by atoms with van der Waals surface area (Å²) in [6.45, 7) is 2.46. The third-order valence-corrected chi connectivity index (χ3v) is 4.18. The van der Waals surface area contributed by atoms with E-state index >= 15 is 0 Å². The van der Waals surface area contributed by atoms with Crippen molar-refractivity contribution in [2.75, 3.05) is 19.0 Å². The Morgan fingerprint density at radius 3 is 1.33 bits per heavy atom. The summed E-state index contributed by atoms with van der Waals surface area (Å²) in [6.07, 6.45) is -32.2. The predicted octanol–water partition coefficient (Wildman–Crippen LogP) is 3.41.